The predicted molar refractivity (Wildman–Crippen MR) is 82.3 cm³/mol. The fourth-order valence-electron chi connectivity index (χ4n) is 2.38. The van der Waals surface area contributed by atoms with E-state index < -0.39 is 10.0 Å². The van der Waals surface area contributed by atoms with Gasteiger partial charge in [0, 0.05) is 12.1 Å². The van der Waals surface area contributed by atoms with Gasteiger partial charge in [-0.15, -0.1) is 0 Å². The van der Waals surface area contributed by atoms with Crippen molar-refractivity contribution in [1.82, 2.24) is 0 Å². The van der Waals surface area contributed by atoms with Crippen LogP contribution in [0.4, 0.5) is 5.69 Å². The number of carbonyl (C=O) groups excluding carboxylic acids is 1. The van der Waals surface area contributed by atoms with Crippen LogP contribution in [0.3, 0.4) is 0 Å². The van der Waals surface area contributed by atoms with E-state index in [1.165, 1.54) is 18.6 Å². The number of sulfonamides is 1. The summed E-state index contributed by atoms with van der Waals surface area (Å²) < 4.78 is 22.7. The Bertz CT molecular complexity index is 678. The van der Waals surface area contributed by atoms with Gasteiger partial charge in [-0.1, -0.05) is 17.7 Å². The van der Waals surface area contributed by atoms with Crippen molar-refractivity contribution in [2.75, 3.05) is 5.32 Å². The highest BCUT2D eigenvalue weighted by molar-refractivity contribution is 7.89. The first-order valence-corrected chi connectivity index (χ1v) is 8.52. The Balaban J connectivity index is 2.11. The molecule has 1 aliphatic rings. The van der Waals surface area contributed by atoms with Crippen LogP contribution in [0.15, 0.2) is 34.7 Å². The van der Waals surface area contributed by atoms with Crippen molar-refractivity contribution in [3.8, 4) is 0 Å². The fourth-order valence-corrected chi connectivity index (χ4v) is 2.92. The lowest BCUT2D eigenvalue weighted by molar-refractivity contribution is -0.115. The Kier molecular flexibility index (Phi) is 4.80. The number of nitrogens with two attached hydrogens (primary N) is 1. The number of amides is 1. The number of anilines is 1. The number of carbonyl (C=O) groups is 1. The van der Waals surface area contributed by atoms with Crippen molar-refractivity contribution >= 4 is 21.6 Å². The maximum absolute atomic E-state index is 12.1. The Hall–Kier alpha value is -1.66. The van der Waals surface area contributed by atoms with Gasteiger partial charge in [-0.3, -0.25) is 4.79 Å². The third-order valence-electron chi connectivity index (χ3n) is 3.58. The first-order valence-electron chi connectivity index (χ1n) is 6.97. The number of aryl methyl sites for hydroxylation is 1. The molecule has 1 amide bonds. The molecule has 0 spiro atoms. The minimum absolute atomic E-state index is 0.000261. The SMILES string of the molecule is Cc1ccc(S(N)(=O)=O)cc1NC(=O)CC1=CCCCC1. The van der Waals surface area contributed by atoms with Crippen LogP contribution in [-0.2, 0) is 14.8 Å². The average molecular weight is 308 g/mol. The largest absolute Gasteiger partial charge is 0.326 e. The Morgan fingerprint density at radius 1 is 1.33 bits per heavy atom. The summed E-state index contributed by atoms with van der Waals surface area (Å²) in [6.07, 6.45) is 6.78. The molecule has 114 valence electrons. The van der Waals surface area contributed by atoms with E-state index in [0.717, 1.165) is 30.4 Å². The highest BCUT2D eigenvalue weighted by atomic mass is 32.2. The predicted octanol–water partition coefficient (Wildman–Crippen LogP) is 2.47. The van der Waals surface area contributed by atoms with Gasteiger partial charge < -0.3 is 5.32 Å². The van der Waals surface area contributed by atoms with E-state index in [2.05, 4.69) is 11.4 Å². The van der Waals surface area contributed by atoms with Crippen molar-refractivity contribution in [3.05, 3.63) is 35.4 Å². The summed E-state index contributed by atoms with van der Waals surface area (Å²) in [5.74, 6) is -0.127. The molecule has 0 atom stereocenters. The van der Waals surface area contributed by atoms with E-state index in [1.807, 2.05) is 6.92 Å². The van der Waals surface area contributed by atoms with Gasteiger partial charge in [0.1, 0.15) is 0 Å². The lowest BCUT2D eigenvalue weighted by Crippen LogP contribution is -2.16. The second kappa shape index (κ2) is 6.41. The molecule has 0 bridgehead atoms. The number of hydrogen-bond acceptors (Lipinski definition) is 3. The zero-order valence-electron chi connectivity index (χ0n) is 12.1. The van der Waals surface area contributed by atoms with E-state index in [1.54, 1.807) is 6.07 Å². The molecule has 6 heteroatoms. The summed E-state index contributed by atoms with van der Waals surface area (Å²) in [4.78, 5) is 12.1. The maximum atomic E-state index is 12.1. The molecular weight excluding hydrogens is 288 g/mol. The van der Waals surface area contributed by atoms with Gasteiger partial charge in [-0.05, 0) is 50.3 Å². The summed E-state index contributed by atoms with van der Waals surface area (Å²) in [6.45, 7) is 1.81. The van der Waals surface area contributed by atoms with Crippen LogP contribution in [0.2, 0.25) is 0 Å². The van der Waals surface area contributed by atoms with E-state index in [4.69, 9.17) is 5.14 Å². The van der Waals surface area contributed by atoms with Gasteiger partial charge in [-0.2, -0.15) is 0 Å². The van der Waals surface area contributed by atoms with Crippen molar-refractivity contribution in [2.45, 2.75) is 43.9 Å². The third kappa shape index (κ3) is 4.41. The first kappa shape index (κ1) is 15.7. The minimum atomic E-state index is -3.77. The summed E-state index contributed by atoms with van der Waals surface area (Å²) >= 11 is 0. The number of primary sulfonamides is 1. The van der Waals surface area contributed by atoms with Gasteiger partial charge in [0.25, 0.3) is 0 Å². The zero-order chi connectivity index (χ0) is 15.5. The molecule has 0 heterocycles. The standard InChI is InChI=1S/C15H20N2O3S/c1-11-7-8-13(21(16,19)20)10-14(11)17-15(18)9-12-5-3-2-4-6-12/h5,7-8,10H,2-4,6,9H2,1H3,(H,17,18)(H2,16,19,20). The summed E-state index contributed by atoms with van der Waals surface area (Å²) in [7, 11) is -3.77. The molecule has 1 aliphatic carbocycles. The number of nitrogens with one attached hydrogen (secondary N) is 1. The van der Waals surface area contributed by atoms with E-state index >= 15 is 0 Å². The van der Waals surface area contributed by atoms with Gasteiger partial charge in [0.05, 0.1) is 4.90 Å². The Morgan fingerprint density at radius 2 is 2.10 bits per heavy atom. The van der Waals surface area contributed by atoms with Crippen molar-refractivity contribution in [2.24, 2.45) is 5.14 Å². The molecular formula is C15H20N2O3S. The van der Waals surface area contributed by atoms with Crippen LogP contribution in [-0.4, -0.2) is 14.3 Å². The molecule has 0 saturated heterocycles. The summed E-state index contributed by atoms with van der Waals surface area (Å²) in [5.41, 5.74) is 2.44. The Morgan fingerprint density at radius 3 is 2.71 bits per heavy atom. The van der Waals surface area contributed by atoms with Crippen LogP contribution in [0.1, 0.15) is 37.7 Å². The molecule has 0 unspecified atom stereocenters. The van der Waals surface area contributed by atoms with Crippen LogP contribution in [0, 0.1) is 6.92 Å². The smallest absolute Gasteiger partial charge is 0.238 e. The summed E-state index contributed by atoms with van der Waals surface area (Å²) in [6, 6.07) is 4.47. The third-order valence-corrected chi connectivity index (χ3v) is 4.50. The molecule has 1 aromatic rings. The van der Waals surface area contributed by atoms with Crippen LogP contribution < -0.4 is 10.5 Å². The van der Waals surface area contributed by atoms with Crippen molar-refractivity contribution < 1.29 is 13.2 Å². The van der Waals surface area contributed by atoms with Gasteiger partial charge in [0.2, 0.25) is 15.9 Å². The number of rotatable bonds is 4. The summed E-state index contributed by atoms with van der Waals surface area (Å²) in [5, 5.41) is 7.88. The quantitative estimate of drug-likeness (QED) is 0.837. The molecule has 5 nitrogen and oxygen atoms in total. The highest BCUT2D eigenvalue weighted by Crippen LogP contribution is 2.23. The molecule has 0 fully saturated rings. The minimum Gasteiger partial charge on any atom is -0.326 e. The molecule has 0 aliphatic heterocycles. The molecule has 1 aromatic carbocycles. The average Bonchev–Trinajstić information content (AvgIpc) is 2.41. The zero-order valence-corrected chi connectivity index (χ0v) is 12.9. The molecule has 2 rings (SSSR count). The van der Waals surface area contributed by atoms with Crippen LogP contribution in [0.5, 0.6) is 0 Å². The lowest BCUT2D eigenvalue weighted by atomic mass is 9.97. The molecule has 0 saturated carbocycles. The van der Waals surface area contributed by atoms with Gasteiger partial charge >= 0.3 is 0 Å². The Labute approximate surface area is 125 Å². The van der Waals surface area contributed by atoms with E-state index in [-0.39, 0.29) is 10.8 Å². The van der Waals surface area contributed by atoms with Crippen molar-refractivity contribution in [3.63, 3.8) is 0 Å². The molecule has 0 radical (unpaired) electrons. The lowest BCUT2D eigenvalue weighted by Gasteiger charge is -2.14. The van der Waals surface area contributed by atoms with E-state index in [9.17, 15) is 13.2 Å². The normalized spacial score (nSPS) is 15.4. The second-order valence-corrected chi connectivity index (χ2v) is 6.92. The first-order chi connectivity index (χ1) is 9.86. The maximum Gasteiger partial charge on any atom is 0.238 e. The number of benzene rings is 1. The van der Waals surface area contributed by atoms with Gasteiger partial charge in [-0.25, -0.2) is 13.6 Å². The molecule has 3 N–H and O–H groups in total. The van der Waals surface area contributed by atoms with Crippen LogP contribution >= 0.6 is 0 Å². The number of allylic oxidation sites excluding steroid dienone is 1. The van der Waals surface area contributed by atoms with Gasteiger partial charge in [0.15, 0.2) is 0 Å². The number of hydrogen-bond donors (Lipinski definition) is 2. The molecule has 0 aromatic heterocycles. The second-order valence-electron chi connectivity index (χ2n) is 5.35. The topological polar surface area (TPSA) is 89.3 Å². The van der Waals surface area contributed by atoms with E-state index in [0.29, 0.717) is 12.1 Å². The van der Waals surface area contributed by atoms with Crippen LogP contribution in [0.25, 0.3) is 0 Å². The monoisotopic (exact) mass is 308 g/mol. The molecule has 21 heavy (non-hydrogen) atoms. The highest BCUT2D eigenvalue weighted by Gasteiger charge is 2.13. The fraction of sp³-hybridized carbons (Fsp3) is 0.400. The van der Waals surface area contributed by atoms with Crippen molar-refractivity contribution in [1.29, 1.82) is 0 Å².